The number of aliphatic carboxylic acids is 1. The largest absolute Gasteiger partial charge is 0.481 e. The van der Waals surface area contributed by atoms with Gasteiger partial charge in [0.15, 0.2) is 14.9 Å². The normalized spacial score (nSPS) is 13.2. The second-order valence-electron chi connectivity index (χ2n) is 4.36. The van der Waals surface area contributed by atoms with Crippen molar-refractivity contribution >= 4 is 25.8 Å². The van der Waals surface area contributed by atoms with E-state index in [4.69, 9.17) is 5.11 Å². The van der Waals surface area contributed by atoms with Crippen LogP contribution in [0.15, 0.2) is 0 Å². The van der Waals surface area contributed by atoms with Crippen LogP contribution in [0.3, 0.4) is 0 Å². The second-order valence-corrected chi connectivity index (χ2v) is 8.78. The van der Waals surface area contributed by atoms with Gasteiger partial charge in [0.2, 0.25) is 10.0 Å². The van der Waals surface area contributed by atoms with E-state index in [1.54, 1.807) is 13.8 Å². The van der Waals surface area contributed by atoms with E-state index < -0.39 is 37.0 Å². The Kier molecular flexibility index (Phi) is 6.24. The number of nitrogens with zero attached hydrogens (tertiary/aromatic N) is 1. The molecule has 0 spiro atoms. The number of carbonyl (C=O) groups is 1. The van der Waals surface area contributed by atoms with Crippen LogP contribution in [0.25, 0.3) is 0 Å². The molecule has 18 heavy (non-hydrogen) atoms. The molecule has 0 aromatic carbocycles. The first-order chi connectivity index (χ1) is 7.96. The average molecular weight is 301 g/mol. The molecular formula is C9H19NO6S2. The van der Waals surface area contributed by atoms with Gasteiger partial charge in [-0.2, -0.15) is 4.31 Å². The maximum atomic E-state index is 11.9. The SMILES string of the molecule is CC(C)N(CCCC(=O)O)S(=O)(=O)CS(C)(=O)=O. The summed E-state index contributed by atoms with van der Waals surface area (Å²) in [6, 6.07) is -0.412. The van der Waals surface area contributed by atoms with Gasteiger partial charge >= 0.3 is 5.97 Å². The van der Waals surface area contributed by atoms with E-state index in [2.05, 4.69) is 0 Å². The second kappa shape index (κ2) is 6.48. The van der Waals surface area contributed by atoms with Crippen LogP contribution in [0.1, 0.15) is 26.7 Å². The van der Waals surface area contributed by atoms with Crippen LogP contribution >= 0.6 is 0 Å². The molecule has 0 amide bonds. The molecule has 0 atom stereocenters. The number of hydrogen-bond donors (Lipinski definition) is 1. The summed E-state index contributed by atoms with van der Waals surface area (Å²) >= 11 is 0. The van der Waals surface area contributed by atoms with Crippen molar-refractivity contribution < 1.29 is 26.7 Å². The fraction of sp³-hybridized carbons (Fsp3) is 0.889. The van der Waals surface area contributed by atoms with Crippen LogP contribution in [0, 0.1) is 0 Å². The summed E-state index contributed by atoms with van der Waals surface area (Å²) in [5, 5.41) is 7.54. The lowest BCUT2D eigenvalue weighted by Crippen LogP contribution is -2.40. The Morgan fingerprint density at radius 3 is 2.06 bits per heavy atom. The molecule has 0 fully saturated rings. The van der Waals surface area contributed by atoms with Gasteiger partial charge in [0.25, 0.3) is 0 Å². The quantitative estimate of drug-likeness (QED) is 0.670. The highest BCUT2D eigenvalue weighted by Gasteiger charge is 2.28. The van der Waals surface area contributed by atoms with Crippen LogP contribution < -0.4 is 0 Å². The molecule has 0 aliphatic carbocycles. The third-order valence-corrected chi connectivity index (χ3v) is 6.29. The van der Waals surface area contributed by atoms with Gasteiger partial charge in [-0.15, -0.1) is 0 Å². The van der Waals surface area contributed by atoms with Gasteiger partial charge in [-0.1, -0.05) is 0 Å². The molecule has 0 heterocycles. The fourth-order valence-corrected chi connectivity index (χ4v) is 5.20. The standard InChI is InChI=1S/C9H19NO6S2/c1-8(2)10(6-4-5-9(11)12)18(15,16)7-17(3,13)14/h8H,4-7H2,1-3H3,(H,11,12). The first-order valence-corrected chi connectivity index (χ1v) is 9.01. The Labute approximate surface area is 108 Å². The van der Waals surface area contributed by atoms with E-state index in [0.717, 1.165) is 10.6 Å². The van der Waals surface area contributed by atoms with E-state index in [1.807, 2.05) is 0 Å². The van der Waals surface area contributed by atoms with Crippen LogP contribution in [-0.4, -0.2) is 56.1 Å². The Morgan fingerprint density at radius 2 is 1.72 bits per heavy atom. The highest BCUT2D eigenvalue weighted by molar-refractivity contribution is 8.06. The van der Waals surface area contributed by atoms with Crippen molar-refractivity contribution in [3.63, 3.8) is 0 Å². The molecule has 0 aromatic rings. The van der Waals surface area contributed by atoms with Crippen LogP contribution in [-0.2, 0) is 24.7 Å². The zero-order valence-corrected chi connectivity index (χ0v) is 12.3. The monoisotopic (exact) mass is 301 g/mol. The molecule has 0 aliphatic heterocycles. The Bertz CT molecular complexity index is 479. The third-order valence-electron chi connectivity index (χ3n) is 2.07. The minimum Gasteiger partial charge on any atom is -0.481 e. The summed E-state index contributed by atoms with van der Waals surface area (Å²) in [4.78, 5) is 10.4. The molecule has 1 N–H and O–H groups in total. The van der Waals surface area contributed by atoms with E-state index in [1.165, 1.54) is 0 Å². The maximum Gasteiger partial charge on any atom is 0.303 e. The fourth-order valence-electron chi connectivity index (χ4n) is 1.44. The third kappa shape index (κ3) is 6.92. The van der Waals surface area contributed by atoms with Crippen molar-refractivity contribution in [2.75, 3.05) is 17.9 Å². The van der Waals surface area contributed by atoms with Crippen molar-refractivity contribution in [1.29, 1.82) is 0 Å². The molecule has 9 heteroatoms. The molecule has 0 rings (SSSR count). The summed E-state index contributed by atoms with van der Waals surface area (Å²) < 4.78 is 46.9. The van der Waals surface area contributed by atoms with Gasteiger partial charge in [0.05, 0.1) is 0 Å². The van der Waals surface area contributed by atoms with Crippen LogP contribution in [0.4, 0.5) is 0 Å². The number of carboxylic acid groups (broad SMARTS) is 1. The predicted molar refractivity (Wildman–Crippen MR) is 67.3 cm³/mol. The van der Waals surface area contributed by atoms with Crippen molar-refractivity contribution in [1.82, 2.24) is 4.31 Å². The van der Waals surface area contributed by atoms with Crippen molar-refractivity contribution in [3.8, 4) is 0 Å². The van der Waals surface area contributed by atoms with Crippen molar-refractivity contribution in [3.05, 3.63) is 0 Å². The topological polar surface area (TPSA) is 109 Å². The lowest BCUT2D eigenvalue weighted by molar-refractivity contribution is -0.137. The van der Waals surface area contributed by atoms with Gasteiger partial charge in [0.1, 0.15) is 0 Å². The summed E-state index contributed by atoms with van der Waals surface area (Å²) in [5.41, 5.74) is 0. The van der Waals surface area contributed by atoms with E-state index >= 15 is 0 Å². The molecule has 0 unspecified atom stereocenters. The van der Waals surface area contributed by atoms with Crippen LogP contribution in [0.2, 0.25) is 0 Å². The van der Waals surface area contributed by atoms with Gasteiger partial charge < -0.3 is 5.11 Å². The lowest BCUT2D eigenvalue weighted by atomic mass is 10.3. The smallest absolute Gasteiger partial charge is 0.303 e. The highest BCUT2D eigenvalue weighted by atomic mass is 32.3. The molecule has 0 aromatic heterocycles. The highest BCUT2D eigenvalue weighted by Crippen LogP contribution is 2.11. The van der Waals surface area contributed by atoms with Gasteiger partial charge in [-0.05, 0) is 20.3 Å². The minimum atomic E-state index is -3.92. The lowest BCUT2D eigenvalue weighted by Gasteiger charge is -2.25. The number of sulfone groups is 1. The summed E-state index contributed by atoms with van der Waals surface area (Å²) in [6.45, 7) is 3.23. The Morgan fingerprint density at radius 1 is 1.22 bits per heavy atom. The summed E-state index contributed by atoms with van der Waals surface area (Å²) in [6.07, 6.45) is 0.842. The van der Waals surface area contributed by atoms with Gasteiger partial charge in [0, 0.05) is 25.3 Å². The molecule has 0 bridgehead atoms. The average Bonchev–Trinajstić information content (AvgIpc) is 2.06. The van der Waals surface area contributed by atoms with Crippen molar-refractivity contribution in [2.24, 2.45) is 0 Å². The zero-order chi connectivity index (χ0) is 14.6. The summed E-state index contributed by atoms with van der Waals surface area (Å²) in [7, 11) is -7.57. The number of rotatable bonds is 8. The molecule has 0 radical (unpaired) electrons. The maximum absolute atomic E-state index is 11.9. The molecule has 7 nitrogen and oxygen atoms in total. The van der Waals surface area contributed by atoms with E-state index in [-0.39, 0.29) is 19.4 Å². The summed E-state index contributed by atoms with van der Waals surface area (Å²) in [5.74, 6) is -1.01. The van der Waals surface area contributed by atoms with E-state index in [0.29, 0.717) is 0 Å². The van der Waals surface area contributed by atoms with Gasteiger partial charge in [-0.3, -0.25) is 4.79 Å². The first-order valence-electron chi connectivity index (χ1n) is 5.35. The molecule has 108 valence electrons. The van der Waals surface area contributed by atoms with Gasteiger partial charge in [-0.25, -0.2) is 16.8 Å². The van der Waals surface area contributed by atoms with E-state index in [9.17, 15) is 21.6 Å². The number of hydrogen-bond acceptors (Lipinski definition) is 5. The molecule has 0 aliphatic rings. The Hall–Kier alpha value is -0.670. The molecular weight excluding hydrogens is 282 g/mol. The zero-order valence-electron chi connectivity index (χ0n) is 10.7. The molecule has 0 saturated carbocycles. The number of sulfonamides is 1. The number of carboxylic acids is 1. The Balaban J connectivity index is 4.84. The minimum absolute atomic E-state index is 0.00181. The predicted octanol–water partition coefficient (Wildman–Crippen LogP) is -0.106. The van der Waals surface area contributed by atoms with Crippen molar-refractivity contribution in [2.45, 2.75) is 32.7 Å². The van der Waals surface area contributed by atoms with Crippen LogP contribution in [0.5, 0.6) is 0 Å². The molecule has 0 saturated heterocycles. The first kappa shape index (κ1) is 17.3.